The highest BCUT2D eigenvalue weighted by Gasteiger charge is 2.21. The molecule has 5 heteroatoms. The third kappa shape index (κ3) is 2.40. The molecule has 0 saturated carbocycles. The van der Waals surface area contributed by atoms with Crippen molar-refractivity contribution in [2.45, 2.75) is 20.4 Å². The number of hydrogen-bond donors (Lipinski definition) is 0. The molecule has 2 aromatic heterocycles. The molecule has 0 aliphatic heterocycles. The Bertz CT molecular complexity index is 529. The molecule has 2 heterocycles. The molecule has 0 aromatic carbocycles. The quantitative estimate of drug-likeness (QED) is 0.829. The fourth-order valence-electron chi connectivity index (χ4n) is 1.79. The van der Waals surface area contributed by atoms with E-state index in [9.17, 15) is 4.79 Å². The van der Waals surface area contributed by atoms with Gasteiger partial charge in [-0.25, -0.2) is 0 Å². The molecule has 0 aliphatic rings. The van der Waals surface area contributed by atoms with Gasteiger partial charge in [-0.05, 0) is 26.0 Å². The second-order valence-electron chi connectivity index (χ2n) is 4.18. The number of hydrogen-bond acceptors (Lipinski definition) is 4. The Labute approximate surface area is 105 Å². The van der Waals surface area contributed by atoms with E-state index in [-0.39, 0.29) is 5.91 Å². The molecule has 0 atom stereocenters. The second-order valence-corrected chi connectivity index (χ2v) is 4.18. The summed E-state index contributed by atoms with van der Waals surface area (Å²) in [5.74, 6) is 0.447. The lowest BCUT2D eigenvalue weighted by molar-refractivity contribution is 0.0781. The first-order chi connectivity index (χ1) is 8.59. The number of rotatable bonds is 3. The summed E-state index contributed by atoms with van der Waals surface area (Å²) in [6.07, 6.45) is 1.71. The summed E-state index contributed by atoms with van der Waals surface area (Å²) in [5, 5.41) is 3.79. The van der Waals surface area contributed by atoms with E-state index in [1.165, 1.54) is 0 Å². The Morgan fingerprint density at radius 3 is 2.72 bits per heavy atom. The average Bonchev–Trinajstić information content (AvgIpc) is 2.69. The fourth-order valence-corrected chi connectivity index (χ4v) is 1.79. The molecule has 2 aromatic rings. The van der Waals surface area contributed by atoms with E-state index >= 15 is 0 Å². The van der Waals surface area contributed by atoms with Gasteiger partial charge in [0.25, 0.3) is 5.91 Å². The summed E-state index contributed by atoms with van der Waals surface area (Å²) >= 11 is 0. The van der Waals surface area contributed by atoms with Gasteiger partial charge in [-0.1, -0.05) is 11.2 Å². The Kier molecular flexibility index (Phi) is 3.41. The van der Waals surface area contributed by atoms with Crippen molar-refractivity contribution in [3.05, 3.63) is 47.1 Å². The maximum Gasteiger partial charge on any atom is 0.259 e. The molecule has 0 aliphatic carbocycles. The van der Waals surface area contributed by atoms with E-state index in [1.807, 2.05) is 18.2 Å². The number of nitrogens with zero attached hydrogens (tertiary/aromatic N) is 3. The van der Waals surface area contributed by atoms with Gasteiger partial charge >= 0.3 is 0 Å². The molecular weight excluding hydrogens is 230 g/mol. The van der Waals surface area contributed by atoms with Crippen LogP contribution in [-0.2, 0) is 6.54 Å². The number of aryl methyl sites for hydroxylation is 2. The molecule has 0 fully saturated rings. The molecule has 0 bridgehead atoms. The predicted octanol–water partition coefficient (Wildman–Crippen LogP) is 1.96. The molecule has 2 rings (SSSR count). The van der Waals surface area contributed by atoms with Crippen LogP contribution in [0.4, 0.5) is 0 Å². The third-order valence-electron chi connectivity index (χ3n) is 2.72. The number of pyridine rings is 1. The molecule has 0 saturated heterocycles. The van der Waals surface area contributed by atoms with Gasteiger partial charge in [0, 0.05) is 13.2 Å². The summed E-state index contributed by atoms with van der Waals surface area (Å²) in [5.41, 5.74) is 2.00. The largest absolute Gasteiger partial charge is 0.361 e. The molecular formula is C13H15N3O2. The van der Waals surface area contributed by atoms with Crippen LogP contribution in [0.25, 0.3) is 0 Å². The Hall–Kier alpha value is -2.17. The minimum Gasteiger partial charge on any atom is -0.361 e. The molecule has 0 unspecified atom stereocenters. The SMILES string of the molecule is Cc1noc(C)c1C(=O)N(C)Cc1ccccn1. The van der Waals surface area contributed by atoms with Gasteiger partial charge < -0.3 is 9.42 Å². The smallest absolute Gasteiger partial charge is 0.259 e. The first kappa shape index (κ1) is 12.3. The second kappa shape index (κ2) is 5.00. The molecule has 5 nitrogen and oxygen atoms in total. The van der Waals surface area contributed by atoms with Crippen molar-refractivity contribution >= 4 is 5.91 Å². The van der Waals surface area contributed by atoms with Crippen LogP contribution in [0.5, 0.6) is 0 Å². The lowest BCUT2D eigenvalue weighted by Gasteiger charge is -2.16. The average molecular weight is 245 g/mol. The van der Waals surface area contributed by atoms with Crippen molar-refractivity contribution in [3.63, 3.8) is 0 Å². The highest BCUT2D eigenvalue weighted by molar-refractivity contribution is 5.95. The maximum absolute atomic E-state index is 12.2. The van der Waals surface area contributed by atoms with Crippen LogP contribution in [0.3, 0.4) is 0 Å². The first-order valence-electron chi connectivity index (χ1n) is 5.68. The van der Waals surface area contributed by atoms with Crippen LogP contribution in [0.15, 0.2) is 28.9 Å². The lowest BCUT2D eigenvalue weighted by Crippen LogP contribution is -2.27. The van der Waals surface area contributed by atoms with Crippen LogP contribution in [0.2, 0.25) is 0 Å². The highest BCUT2D eigenvalue weighted by atomic mass is 16.5. The van der Waals surface area contributed by atoms with Crippen LogP contribution >= 0.6 is 0 Å². The van der Waals surface area contributed by atoms with Crippen molar-refractivity contribution in [3.8, 4) is 0 Å². The Morgan fingerprint density at radius 2 is 2.17 bits per heavy atom. The minimum absolute atomic E-state index is 0.100. The van der Waals surface area contributed by atoms with Gasteiger partial charge in [-0.3, -0.25) is 9.78 Å². The minimum atomic E-state index is -0.100. The van der Waals surface area contributed by atoms with E-state index in [2.05, 4.69) is 10.1 Å². The molecule has 0 radical (unpaired) electrons. The van der Waals surface area contributed by atoms with Crippen LogP contribution in [0, 0.1) is 13.8 Å². The maximum atomic E-state index is 12.2. The summed E-state index contributed by atoms with van der Waals surface area (Å²) in [7, 11) is 1.74. The zero-order valence-electron chi connectivity index (χ0n) is 10.7. The number of aromatic nitrogens is 2. The van der Waals surface area contributed by atoms with Gasteiger partial charge in [0.15, 0.2) is 0 Å². The van der Waals surface area contributed by atoms with E-state index in [4.69, 9.17) is 4.52 Å². The van der Waals surface area contributed by atoms with Crippen LogP contribution < -0.4 is 0 Å². The van der Waals surface area contributed by atoms with Gasteiger partial charge in [-0.15, -0.1) is 0 Å². The monoisotopic (exact) mass is 245 g/mol. The Morgan fingerprint density at radius 1 is 1.39 bits per heavy atom. The topological polar surface area (TPSA) is 59.2 Å². The third-order valence-corrected chi connectivity index (χ3v) is 2.72. The van der Waals surface area contributed by atoms with Crippen molar-refractivity contribution < 1.29 is 9.32 Å². The van der Waals surface area contributed by atoms with Crippen molar-refractivity contribution in [2.24, 2.45) is 0 Å². The van der Waals surface area contributed by atoms with Crippen molar-refractivity contribution in [2.75, 3.05) is 7.05 Å². The first-order valence-corrected chi connectivity index (χ1v) is 5.68. The van der Waals surface area contributed by atoms with Crippen molar-refractivity contribution in [1.29, 1.82) is 0 Å². The van der Waals surface area contributed by atoms with E-state index < -0.39 is 0 Å². The standard InChI is InChI=1S/C13H15N3O2/c1-9-12(10(2)18-15-9)13(17)16(3)8-11-6-4-5-7-14-11/h4-7H,8H2,1-3H3. The molecule has 1 amide bonds. The highest BCUT2D eigenvalue weighted by Crippen LogP contribution is 2.15. The fraction of sp³-hybridized carbons (Fsp3) is 0.308. The summed E-state index contributed by atoms with van der Waals surface area (Å²) < 4.78 is 5.00. The number of amides is 1. The molecule has 0 N–H and O–H groups in total. The van der Waals surface area contributed by atoms with Crippen molar-refractivity contribution in [1.82, 2.24) is 15.0 Å². The lowest BCUT2D eigenvalue weighted by atomic mass is 10.2. The van der Waals surface area contributed by atoms with E-state index in [1.54, 1.807) is 32.0 Å². The summed E-state index contributed by atoms with van der Waals surface area (Å²) in [4.78, 5) is 18.1. The zero-order chi connectivity index (χ0) is 13.1. The Balaban J connectivity index is 2.15. The van der Waals surface area contributed by atoms with Crippen LogP contribution in [-0.4, -0.2) is 28.0 Å². The normalized spacial score (nSPS) is 10.4. The number of carbonyl (C=O) groups is 1. The summed E-state index contributed by atoms with van der Waals surface area (Å²) in [6.45, 7) is 3.96. The predicted molar refractivity (Wildman–Crippen MR) is 66.0 cm³/mol. The van der Waals surface area contributed by atoms with Crippen LogP contribution in [0.1, 0.15) is 27.5 Å². The summed E-state index contributed by atoms with van der Waals surface area (Å²) in [6, 6.07) is 5.63. The number of carbonyl (C=O) groups excluding carboxylic acids is 1. The van der Waals surface area contributed by atoms with Gasteiger partial charge in [-0.2, -0.15) is 0 Å². The van der Waals surface area contributed by atoms with E-state index in [0.717, 1.165) is 5.69 Å². The molecule has 18 heavy (non-hydrogen) atoms. The van der Waals surface area contributed by atoms with E-state index in [0.29, 0.717) is 23.6 Å². The van der Waals surface area contributed by atoms with Gasteiger partial charge in [0.2, 0.25) is 0 Å². The van der Waals surface area contributed by atoms with Gasteiger partial charge in [0.1, 0.15) is 11.3 Å². The molecule has 94 valence electrons. The molecule has 0 spiro atoms. The van der Waals surface area contributed by atoms with Gasteiger partial charge in [0.05, 0.1) is 17.9 Å². The zero-order valence-corrected chi connectivity index (χ0v) is 10.7.